The largest absolute Gasteiger partial charge is 0.485 e. The van der Waals surface area contributed by atoms with Crippen molar-refractivity contribution in [2.75, 3.05) is 6.61 Å². The Morgan fingerprint density at radius 2 is 1.81 bits per heavy atom. The lowest BCUT2D eigenvalue weighted by molar-refractivity contribution is -0.134. The van der Waals surface area contributed by atoms with Crippen LogP contribution in [0.5, 0.6) is 11.5 Å². The molecule has 1 aliphatic heterocycles. The third-order valence-electron chi connectivity index (χ3n) is 3.61. The first kappa shape index (κ1) is 18.4. The van der Waals surface area contributed by atoms with Gasteiger partial charge in [-0.3, -0.25) is 20.4 Å². The molecule has 2 atom stereocenters. The van der Waals surface area contributed by atoms with Gasteiger partial charge in [0.25, 0.3) is 11.8 Å². The number of fused-ring (bicyclic) bond motifs is 1. The smallest absolute Gasteiger partial charge is 0.283 e. The highest BCUT2D eigenvalue weighted by atomic mass is 35.5. The van der Waals surface area contributed by atoms with Gasteiger partial charge in [0.1, 0.15) is 6.61 Å². The van der Waals surface area contributed by atoms with Crippen molar-refractivity contribution in [3.63, 3.8) is 0 Å². The van der Waals surface area contributed by atoms with Gasteiger partial charge < -0.3 is 9.47 Å². The van der Waals surface area contributed by atoms with Crippen LogP contribution in [0.15, 0.2) is 53.4 Å². The fourth-order valence-electron chi connectivity index (χ4n) is 2.22. The molecule has 1 aliphatic rings. The molecule has 2 amide bonds. The maximum Gasteiger partial charge on any atom is 0.283 e. The molecule has 2 N–H and O–H groups in total. The normalized spacial score (nSPS) is 16.5. The number of para-hydroxylation sites is 2. The third kappa shape index (κ3) is 4.62. The number of hydrazine groups is 1. The van der Waals surface area contributed by atoms with Crippen LogP contribution in [0.25, 0.3) is 0 Å². The highest BCUT2D eigenvalue weighted by Crippen LogP contribution is 2.30. The number of nitrogens with one attached hydrogen (secondary N) is 2. The van der Waals surface area contributed by atoms with Gasteiger partial charge in [0.05, 0.1) is 5.25 Å². The summed E-state index contributed by atoms with van der Waals surface area (Å²) < 4.78 is 11.1. The van der Waals surface area contributed by atoms with E-state index in [2.05, 4.69) is 10.9 Å². The lowest BCUT2D eigenvalue weighted by Crippen LogP contribution is -2.52. The van der Waals surface area contributed by atoms with Crippen molar-refractivity contribution in [3.8, 4) is 11.5 Å². The van der Waals surface area contributed by atoms with Gasteiger partial charge in [0.15, 0.2) is 11.5 Å². The van der Waals surface area contributed by atoms with Crippen LogP contribution in [0.2, 0.25) is 5.02 Å². The zero-order valence-corrected chi connectivity index (χ0v) is 15.5. The van der Waals surface area contributed by atoms with Crippen LogP contribution < -0.4 is 20.3 Å². The summed E-state index contributed by atoms with van der Waals surface area (Å²) in [6.45, 7) is 1.82. The van der Waals surface area contributed by atoms with E-state index in [-0.39, 0.29) is 12.5 Å². The van der Waals surface area contributed by atoms with Crippen molar-refractivity contribution in [1.82, 2.24) is 10.9 Å². The minimum absolute atomic E-state index is 0.0772. The maximum atomic E-state index is 12.2. The molecule has 0 saturated carbocycles. The quantitative estimate of drug-likeness (QED) is 0.618. The van der Waals surface area contributed by atoms with E-state index in [0.717, 1.165) is 4.90 Å². The van der Waals surface area contributed by atoms with Crippen molar-refractivity contribution < 1.29 is 19.1 Å². The Morgan fingerprint density at radius 1 is 1.12 bits per heavy atom. The van der Waals surface area contributed by atoms with Gasteiger partial charge in [-0.05, 0) is 43.3 Å². The van der Waals surface area contributed by atoms with Crippen LogP contribution in [0.1, 0.15) is 6.92 Å². The molecule has 0 radical (unpaired) electrons. The number of amides is 2. The van der Waals surface area contributed by atoms with Crippen LogP contribution in [-0.2, 0) is 9.59 Å². The van der Waals surface area contributed by atoms with Crippen molar-refractivity contribution in [3.05, 3.63) is 53.6 Å². The predicted octanol–water partition coefficient (Wildman–Crippen LogP) is 2.81. The summed E-state index contributed by atoms with van der Waals surface area (Å²) in [7, 11) is 0. The Labute approximate surface area is 160 Å². The average Bonchev–Trinajstić information content (AvgIpc) is 2.67. The summed E-state index contributed by atoms with van der Waals surface area (Å²) in [6.07, 6.45) is -0.829. The van der Waals surface area contributed by atoms with E-state index >= 15 is 0 Å². The minimum Gasteiger partial charge on any atom is -0.485 e. The molecule has 0 bridgehead atoms. The number of halogens is 1. The topological polar surface area (TPSA) is 76.7 Å². The van der Waals surface area contributed by atoms with Crippen LogP contribution >= 0.6 is 23.4 Å². The molecule has 26 heavy (non-hydrogen) atoms. The minimum atomic E-state index is -0.829. The van der Waals surface area contributed by atoms with E-state index in [1.165, 1.54) is 11.8 Å². The van der Waals surface area contributed by atoms with Crippen LogP contribution in [0.4, 0.5) is 0 Å². The fraction of sp³-hybridized carbons (Fsp3) is 0.222. The Balaban J connectivity index is 1.48. The zero-order chi connectivity index (χ0) is 18.5. The first-order chi connectivity index (χ1) is 12.5. The fourth-order valence-corrected chi connectivity index (χ4v) is 3.22. The van der Waals surface area contributed by atoms with Crippen LogP contribution in [0, 0.1) is 0 Å². The third-order valence-corrected chi connectivity index (χ3v) is 4.97. The first-order valence-electron chi connectivity index (χ1n) is 7.93. The molecular weight excluding hydrogens is 376 g/mol. The summed E-state index contributed by atoms with van der Waals surface area (Å²) in [6, 6.07) is 14.3. The Hall–Kier alpha value is -2.38. The summed E-state index contributed by atoms with van der Waals surface area (Å²) in [5.74, 6) is 0.289. The molecule has 0 aliphatic carbocycles. The summed E-state index contributed by atoms with van der Waals surface area (Å²) >= 11 is 7.20. The SMILES string of the molecule is C[C@@H](Sc1ccc(Cl)cc1)C(=O)NNC(=O)[C@H]1COc2ccccc2O1. The molecule has 0 unspecified atom stereocenters. The van der Waals surface area contributed by atoms with Gasteiger partial charge in [-0.1, -0.05) is 23.7 Å². The lowest BCUT2D eigenvalue weighted by atomic mass is 10.2. The van der Waals surface area contributed by atoms with E-state index in [4.69, 9.17) is 21.1 Å². The molecule has 2 aromatic rings. The molecule has 2 aromatic carbocycles. The number of rotatable bonds is 4. The summed E-state index contributed by atoms with van der Waals surface area (Å²) in [5.41, 5.74) is 4.80. The average molecular weight is 393 g/mol. The number of ether oxygens (including phenoxy) is 2. The van der Waals surface area contributed by atoms with E-state index in [9.17, 15) is 9.59 Å². The lowest BCUT2D eigenvalue weighted by Gasteiger charge is -2.25. The number of benzene rings is 2. The number of hydrogen-bond acceptors (Lipinski definition) is 5. The second kappa shape index (κ2) is 8.33. The zero-order valence-electron chi connectivity index (χ0n) is 13.9. The van der Waals surface area contributed by atoms with E-state index in [1.807, 2.05) is 18.2 Å². The van der Waals surface area contributed by atoms with Gasteiger partial charge in [0.2, 0.25) is 6.10 Å². The van der Waals surface area contributed by atoms with Gasteiger partial charge >= 0.3 is 0 Å². The molecular formula is C18H17ClN2O4S. The molecule has 136 valence electrons. The first-order valence-corrected chi connectivity index (χ1v) is 9.19. The van der Waals surface area contributed by atoms with Gasteiger partial charge in [-0.2, -0.15) is 0 Å². The van der Waals surface area contributed by atoms with Gasteiger partial charge in [-0.15, -0.1) is 11.8 Å². The standard InChI is InChI=1S/C18H17ClN2O4S/c1-11(26-13-8-6-12(19)7-9-13)17(22)20-21-18(23)16-10-24-14-4-2-3-5-15(14)25-16/h2-9,11,16H,10H2,1H3,(H,20,22)(H,21,23)/t11-,16-/m1/s1. The molecule has 0 spiro atoms. The van der Waals surface area contributed by atoms with Crippen LogP contribution in [-0.4, -0.2) is 29.8 Å². The number of carbonyl (C=O) groups is 2. The number of carbonyl (C=O) groups excluding carboxylic acids is 2. The second-order valence-corrected chi connectivity index (χ2v) is 7.41. The number of thioether (sulfide) groups is 1. The molecule has 8 heteroatoms. The summed E-state index contributed by atoms with van der Waals surface area (Å²) in [4.78, 5) is 25.2. The van der Waals surface area contributed by atoms with E-state index in [0.29, 0.717) is 16.5 Å². The Morgan fingerprint density at radius 3 is 2.54 bits per heavy atom. The van der Waals surface area contributed by atoms with Crippen molar-refractivity contribution in [1.29, 1.82) is 0 Å². The van der Waals surface area contributed by atoms with Crippen molar-refractivity contribution in [2.24, 2.45) is 0 Å². The number of hydrogen-bond donors (Lipinski definition) is 2. The maximum absolute atomic E-state index is 12.2. The van der Waals surface area contributed by atoms with Crippen LogP contribution in [0.3, 0.4) is 0 Å². The van der Waals surface area contributed by atoms with E-state index < -0.39 is 17.3 Å². The predicted molar refractivity (Wildman–Crippen MR) is 99.4 cm³/mol. The Kier molecular flexibility index (Phi) is 5.90. The molecule has 6 nitrogen and oxygen atoms in total. The van der Waals surface area contributed by atoms with E-state index in [1.54, 1.807) is 37.3 Å². The highest BCUT2D eigenvalue weighted by molar-refractivity contribution is 8.00. The molecule has 0 aromatic heterocycles. The molecule has 0 fully saturated rings. The van der Waals surface area contributed by atoms with Gasteiger partial charge in [-0.25, -0.2) is 0 Å². The van der Waals surface area contributed by atoms with Crippen molar-refractivity contribution >= 4 is 35.2 Å². The molecule has 1 heterocycles. The highest BCUT2D eigenvalue weighted by Gasteiger charge is 2.28. The summed E-state index contributed by atoms with van der Waals surface area (Å²) in [5, 5.41) is 0.232. The monoisotopic (exact) mass is 392 g/mol. The second-order valence-electron chi connectivity index (χ2n) is 5.56. The molecule has 3 rings (SSSR count). The van der Waals surface area contributed by atoms with Gasteiger partial charge in [0, 0.05) is 9.92 Å². The Bertz CT molecular complexity index is 800. The molecule has 0 saturated heterocycles. The van der Waals surface area contributed by atoms with Crippen molar-refractivity contribution in [2.45, 2.75) is 23.2 Å².